The lowest BCUT2D eigenvalue weighted by Gasteiger charge is -2.12. The third-order valence-electron chi connectivity index (χ3n) is 3.22. The van der Waals surface area contributed by atoms with Crippen molar-refractivity contribution in [1.82, 2.24) is 15.3 Å². The average Bonchev–Trinajstić information content (AvgIpc) is 3.08. The zero-order valence-corrected chi connectivity index (χ0v) is 13.0. The van der Waals surface area contributed by atoms with E-state index in [9.17, 15) is 0 Å². The Labute approximate surface area is 134 Å². The van der Waals surface area contributed by atoms with Crippen LogP contribution in [0.15, 0.2) is 46.8 Å². The van der Waals surface area contributed by atoms with Gasteiger partial charge in [0.25, 0.3) is 0 Å². The van der Waals surface area contributed by atoms with Crippen LogP contribution in [0.2, 0.25) is 0 Å². The van der Waals surface area contributed by atoms with Crippen LogP contribution in [0.25, 0.3) is 0 Å². The molecular formula is C16H17N5O2. The van der Waals surface area contributed by atoms with Crippen LogP contribution in [0.4, 0.5) is 0 Å². The molecule has 118 valence electrons. The molecule has 1 aromatic carbocycles. The van der Waals surface area contributed by atoms with Gasteiger partial charge in [0.05, 0.1) is 12.1 Å². The molecule has 7 heteroatoms. The van der Waals surface area contributed by atoms with Gasteiger partial charge in [0.15, 0.2) is 11.5 Å². The standard InChI is InChI=1S/C16H17N5O2/c1-11-9-14(20-10-19-11)23-13-6-4-3-5-12(13)15(21-22-2)16-17-7-8-18-16/h3-6,9-10H,7-8H2,1-2H3,(H,17,18)/b21-15+. The van der Waals surface area contributed by atoms with Crippen LogP contribution in [-0.4, -0.2) is 41.7 Å². The van der Waals surface area contributed by atoms with E-state index < -0.39 is 0 Å². The largest absolute Gasteiger partial charge is 0.438 e. The highest BCUT2D eigenvalue weighted by molar-refractivity contribution is 6.48. The van der Waals surface area contributed by atoms with Crippen molar-refractivity contribution >= 4 is 11.5 Å². The molecule has 7 nitrogen and oxygen atoms in total. The molecule has 0 atom stereocenters. The van der Waals surface area contributed by atoms with Gasteiger partial charge in [-0.25, -0.2) is 9.97 Å². The highest BCUT2D eigenvalue weighted by Gasteiger charge is 2.20. The first-order valence-corrected chi connectivity index (χ1v) is 7.23. The molecule has 0 aliphatic carbocycles. The molecular weight excluding hydrogens is 294 g/mol. The van der Waals surface area contributed by atoms with Gasteiger partial charge in [0.2, 0.25) is 5.88 Å². The van der Waals surface area contributed by atoms with Crippen LogP contribution >= 0.6 is 0 Å². The highest BCUT2D eigenvalue weighted by atomic mass is 16.6. The highest BCUT2D eigenvalue weighted by Crippen LogP contribution is 2.25. The van der Waals surface area contributed by atoms with Gasteiger partial charge in [-0.05, 0) is 19.1 Å². The van der Waals surface area contributed by atoms with Gasteiger partial charge in [-0.1, -0.05) is 17.3 Å². The topological polar surface area (TPSA) is 81.0 Å². The number of amidine groups is 1. The average molecular weight is 311 g/mol. The number of hydrogen-bond acceptors (Lipinski definition) is 7. The fourth-order valence-corrected chi connectivity index (χ4v) is 2.22. The monoisotopic (exact) mass is 311 g/mol. The van der Waals surface area contributed by atoms with Gasteiger partial charge >= 0.3 is 0 Å². The molecule has 3 rings (SSSR count). The first kappa shape index (κ1) is 15.0. The summed E-state index contributed by atoms with van der Waals surface area (Å²) in [6.07, 6.45) is 1.47. The van der Waals surface area contributed by atoms with E-state index in [-0.39, 0.29) is 0 Å². The summed E-state index contributed by atoms with van der Waals surface area (Å²) in [4.78, 5) is 17.6. The Morgan fingerprint density at radius 2 is 2.13 bits per heavy atom. The predicted molar refractivity (Wildman–Crippen MR) is 87.1 cm³/mol. The summed E-state index contributed by atoms with van der Waals surface area (Å²) in [5.74, 6) is 1.79. The summed E-state index contributed by atoms with van der Waals surface area (Å²) in [6.45, 7) is 3.38. The Bertz CT molecular complexity index is 758. The third kappa shape index (κ3) is 3.45. The summed E-state index contributed by atoms with van der Waals surface area (Å²) in [5.41, 5.74) is 2.21. The molecule has 1 aromatic heterocycles. The second-order valence-electron chi connectivity index (χ2n) is 4.88. The molecule has 1 N–H and O–H groups in total. The maximum Gasteiger partial charge on any atom is 0.222 e. The van der Waals surface area contributed by atoms with E-state index in [1.54, 1.807) is 6.07 Å². The Kier molecular flexibility index (Phi) is 4.46. The SMILES string of the molecule is CO/N=C(/C1=NCCN1)c1ccccc1Oc1cc(C)ncn1. The van der Waals surface area contributed by atoms with Gasteiger partial charge in [-0.3, -0.25) is 4.99 Å². The molecule has 0 amide bonds. The fraction of sp³-hybridized carbons (Fsp3) is 0.250. The van der Waals surface area contributed by atoms with Crippen molar-refractivity contribution in [1.29, 1.82) is 0 Å². The van der Waals surface area contributed by atoms with Crippen molar-refractivity contribution < 1.29 is 9.57 Å². The smallest absolute Gasteiger partial charge is 0.222 e. The lowest BCUT2D eigenvalue weighted by atomic mass is 10.1. The van der Waals surface area contributed by atoms with E-state index in [4.69, 9.17) is 9.57 Å². The molecule has 2 heterocycles. The van der Waals surface area contributed by atoms with Crippen molar-refractivity contribution in [3.8, 4) is 11.6 Å². The van der Waals surface area contributed by atoms with E-state index >= 15 is 0 Å². The fourth-order valence-electron chi connectivity index (χ4n) is 2.22. The van der Waals surface area contributed by atoms with Gasteiger partial charge in [0, 0.05) is 18.3 Å². The first-order chi connectivity index (χ1) is 11.3. The minimum atomic E-state index is 0.475. The lowest BCUT2D eigenvalue weighted by Crippen LogP contribution is -2.28. The first-order valence-electron chi connectivity index (χ1n) is 7.23. The molecule has 1 aliphatic heterocycles. The maximum absolute atomic E-state index is 5.91. The van der Waals surface area contributed by atoms with E-state index in [1.807, 2.05) is 31.2 Å². The molecule has 2 aromatic rings. The van der Waals surface area contributed by atoms with Crippen LogP contribution < -0.4 is 10.1 Å². The number of nitrogens with one attached hydrogen (secondary N) is 1. The number of aliphatic imine (C=N–C) groups is 1. The minimum Gasteiger partial charge on any atom is -0.438 e. The summed E-state index contributed by atoms with van der Waals surface area (Å²) >= 11 is 0. The number of benzene rings is 1. The van der Waals surface area contributed by atoms with Crippen LogP contribution in [0.3, 0.4) is 0 Å². The van der Waals surface area contributed by atoms with E-state index in [2.05, 4.69) is 25.4 Å². The molecule has 23 heavy (non-hydrogen) atoms. The quantitative estimate of drug-likeness (QED) is 0.674. The number of para-hydroxylation sites is 1. The van der Waals surface area contributed by atoms with Crippen molar-refractivity contribution in [2.75, 3.05) is 20.2 Å². The molecule has 0 radical (unpaired) electrons. The van der Waals surface area contributed by atoms with Crippen molar-refractivity contribution in [2.45, 2.75) is 6.92 Å². The number of aryl methyl sites for hydroxylation is 1. The van der Waals surface area contributed by atoms with Crippen LogP contribution in [0.1, 0.15) is 11.3 Å². The van der Waals surface area contributed by atoms with Crippen LogP contribution in [-0.2, 0) is 4.84 Å². The number of aromatic nitrogens is 2. The zero-order valence-electron chi connectivity index (χ0n) is 13.0. The van der Waals surface area contributed by atoms with Crippen molar-refractivity contribution in [3.63, 3.8) is 0 Å². The van der Waals surface area contributed by atoms with Gasteiger partial charge < -0.3 is 14.9 Å². The zero-order chi connectivity index (χ0) is 16.1. The molecule has 0 saturated heterocycles. The predicted octanol–water partition coefficient (Wildman–Crippen LogP) is 1.93. The van der Waals surface area contributed by atoms with Crippen LogP contribution in [0, 0.1) is 6.92 Å². The maximum atomic E-state index is 5.91. The number of hydrogen-bond donors (Lipinski definition) is 1. The van der Waals surface area contributed by atoms with Crippen LogP contribution in [0.5, 0.6) is 11.6 Å². The Balaban J connectivity index is 1.97. The molecule has 0 spiro atoms. The number of nitrogens with zero attached hydrogens (tertiary/aromatic N) is 4. The molecule has 0 fully saturated rings. The second-order valence-corrected chi connectivity index (χ2v) is 4.88. The lowest BCUT2D eigenvalue weighted by molar-refractivity contribution is 0.214. The normalized spacial score (nSPS) is 14.2. The van der Waals surface area contributed by atoms with Gasteiger partial charge in [0.1, 0.15) is 19.2 Å². The Morgan fingerprint density at radius 3 is 2.87 bits per heavy atom. The number of oxime groups is 1. The molecule has 0 bridgehead atoms. The van der Waals surface area contributed by atoms with E-state index in [0.717, 1.165) is 17.8 Å². The molecule has 0 unspecified atom stereocenters. The summed E-state index contributed by atoms with van der Waals surface area (Å²) in [7, 11) is 1.51. The molecule has 1 aliphatic rings. The number of ether oxygens (including phenoxy) is 1. The van der Waals surface area contributed by atoms with E-state index in [1.165, 1.54) is 13.4 Å². The van der Waals surface area contributed by atoms with E-state index in [0.29, 0.717) is 29.7 Å². The molecule has 0 saturated carbocycles. The van der Waals surface area contributed by atoms with Crippen molar-refractivity contribution in [2.24, 2.45) is 10.1 Å². The van der Waals surface area contributed by atoms with Crippen molar-refractivity contribution in [3.05, 3.63) is 47.9 Å². The summed E-state index contributed by atoms with van der Waals surface area (Å²) in [5, 5.41) is 7.31. The minimum absolute atomic E-state index is 0.475. The Hall–Kier alpha value is -2.96. The Morgan fingerprint density at radius 1 is 1.26 bits per heavy atom. The number of rotatable bonds is 5. The van der Waals surface area contributed by atoms with Gasteiger partial charge in [-0.15, -0.1) is 0 Å². The summed E-state index contributed by atoms with van der Waals surface area (Å²) < 4.78 is 5.91. The summed E-state index contributed by atoms with van der Waals surface area (Å²) in [6, 6.07) is 9.34. The van der Waals surface area contributed by atoms with Gasteiger partial charge in [-0.2, -0.15) is 0 Å². The second kappa shape index (κ2) is 6.87. The third-order valence-corrected chi connectivity index (χ3v) is 3.22.